The van der Waals surface area contributed by atoms with E-state index in [1.165, 1.54) is 19.1 Å². The van der Waals surface area contributed by atoms with Crippen LogP contribution < -0.4 is 4.74 Å². The molecule has 0 bridgehead atoms. The number of nitro benzene ring substituents is 1. The molecule has 0 saturated heterocycles. The van der Waals surface area contributed by atoms with Gasteiger partial charge >= 0.3 is 5.69 Å². The highest BCUT2D eigenvalue weighted by molar-refractivity contribution is 5.95. The molecule has 0 spiro atoms. The molecule has 0 heterocycles. The summed E-state index contributed by atoms with van der Waals surface area (Å²) in [6.45, 7) is 7.38. The first-order valence-electron chi connectivity index (χ1n) is 6.27. The van der Waals surface area contributed by atoms with Gasteiger partial charge in [-0.3, -0.25) is 14.9 Å². The number of ketones is 1. The molecule has 5 heteroatoms. The van der Waals surface area contributed by atoms with Gasteiger partial charge in [0.15, 0.2) is 11.5 Å². The number of ether oxygens (including phenoxy) is 1. The zero-order valence-corrected chi connectivity index (χ0v) is 11.7. The number of nitrogens with zero attached hydrogens (tertiary/aromatic N) is 1. The molecule has 1 aromatic carbocycles. The van der Waals surface area contributed by atoms with Gasteiger partial charge in [-0.15, -0.1) is 0 Å². The van der Waals surface area contributed by atoms with Crippen molar-refractivity contribution >= 4 is 11.5 Å². The van der Waals surface area contributed by atoms with Gasteiger partial charge in [-0.05, 0) is 38.3 Å². The number of rotatable bonds is 6. The molecule has 1 aromatic rings. The highest BCUT2D eigenvalue weighted by Crippen LogP contribution is 2.29. The fourth-order valence-electron chi connectivity index (χ4n) is 1.91. The molecule has 0 aromatic heterocycles. The van der Waals surface area contributed by atoms with Crippen molar-refractivity contribution in [2.75, 3.05) is 0 Å². The predicted octanol–water partition coefficient (Wildman–Crippen LogP) is 3.61. The summed E-state index contributed by atoms with van der Waals surface area (Å²) < 4.78 is 5.60. The minimum absolute atomic E-state index is 0.109. The molecule has 19 heavy (non-hydrogen) atoms. The Hall–Kier alpha value is -1.91. The van der Waals surface area contributed by atoms with E-state index >= 15 is 0 Å². The Kier molecular flexibility index (Phi) is 5.03. The van der Waals surface area contributed by atoms with E-state index in [0.717, 1.165) is 6.42 Å². The number of hydrogen-bond donors (Lipinski definition) is 0. The molecule has 1 rings (SSSR count). The molecule has 0 amide bonds. The van der Waals surface area contributed by atoms with Gasteiger partial charge in [0.2, 0.25) is 0 Å². The van der Waals surface area contributed by atoms with Crippen LogP contribution in [0.4, 0.5) is 5.69 Å². The molecule has 0 aliphatic rings. The summed E-state index contributed by atoms with van der Waals surface area (Å²) >= 11 is 0. The minimum atomic E-state index is -0.524. The topological polar surface area (TPSA) is 69.4 Å². The Morgan fingerprint density at radius 1 is 1.37 bits per heavy atom. The van der Waals surface area contributed by atoms with Crippen LogP contribution in [-0.2, 0) is 0 Å². The number of carbonyl (C=O) groups is 1. The molecule has 1 atom stereocenters. The van der Waals surface area contributed by atoms with Crippen LogP contribution in [0.2, 0.25) is 0 Å². The minimum Gasteiger partial charge on any atom is -0.484 e. The molecule has 5 nitrogen and oxygen atoms in total. The first-order valence-corrected chi connectivity index (χ1v) is 6.27. The summed E-state index contributed by atoms with van der Waals surface area (Å²) in [5.41, 5.74) is 0.152. The second-order valence-corrected chi connectivity index (χ2v) is 5.05. The van der Waals surface area contributed by atoms with Crippen LogP contribution in [0.3, 0.4) is 0 Å². The molecular weight excluding hydrogens is 246 g/mol. The molecule has 0 aliphatic carbocycles. The van der Waals surface area contributed by atoms with Crippen LogP contribution in [-0.4, -0.2) is 16.8 Å². The van der Waals surface area contributed by atoms with E-state index in [1.54, 1.807) is 6.07 Å². The highest BCUT2D eigenvalue weighted by atomic mass is 16.6. The number of carbonyl (C=O) groups excluding carboxylic acids is 1. The smallest absolute Gasteiger partial charge is 0.311 e. The van der Waals surface area contributed by atoms with E-state index in [1.807, 2.05) is 6.92 Å². The van der Waals surface area contributed by atoms with E-state index in [-0.39, 0.29) is 23.3 Å². The summed E-state index contributed by atoms with van der Waals surface area (Å²) in [5.74, 6) is 0.457. The average molecular weight is 265 g/mol. The average Bonchev–Trinajstić information content (AvgIpc) is 2.27. The standard InChI is InChI=1S/C14H19NO4/c1-9(2)7-10(3)19-14-6-5-12(11(4)16)8-13(14)15(17)18/h5-6,8-10H,7H2,1-4H3. The largest absolute Gasteiger partial charge is 0.484 e. The highest BCUT2D eigenvalue weighted by Gasteiger charge is 2.19. The summed E-state index contributed by atoms with van der Waals surface area (Å²) in [5, 5.41) is 11.0. The van der Waals surface area contributed by atoms with Crippen molar-refractivity contribution in [3.63, 3.8) is 0 Å². The summed E-state index contributed by atoms with van der Waals surface area (Å²) in [6.07, 6.45) is 0.702. The maximum Gasteiger partial charge on any atom is 0.311 e. The number of nitro groups is 1. The lowest BCUT2D eigenvalue weighted by molar-refractivity contribution is -0.386. The SMILES string of the molecule is CC(=O)c1ccc(OC(C)CC(C)C)c([N+](=O)[O-])c1. The lowest BCUT2D eigenvalue weighted by Crippen LogP contribution is -2.15. The second-order valence-electron chi connectivity index (χ2n) is 5.05. The Morgan fingerprint density at radius 2 is 2.00 bits per heavy atom. The van der Waals surface area contributed by atoms with Gasteiger partial charge in [0.05, 0.1) is 11.0 Å². The van der Waals surface area contributed by atoms with E-state index in [0.29, 0.717) is 11.5 Å². The van der Waals surface area contributed by atoms with Crippen LogP contribution in [0, 0.1) is 16.0 Å². The molecule has 1 unspecified atom stereocenters. The summed E-state index contributed by atoms with van der Waals surface area (Å²) in [7, 11) is 0. The molecule has 0 fully saturated rings. The molecular formula is C14H19NO4. The molecule has 0 radical (unpaired) electrons. The van der Waals surface area contributed by atoms with Crippen LogP contribution in [0.25, 0.3) is 0 Å². The maximum atomic E-state index is 11.2. The van der Waals surface area contributed by atoms with E-state index < -0.39 is 4.92 Å². The zero-order valence-electron chi connectivity index (χ0n) is 11.7. The van der Waals surface area contributed by atoms with Gasteiger partial charge in [-0.25, -0.2) is 0 Å². The van der Waals surface area contributed by atoms with Crippen molar-refractivity contribution in [1.29, 1.82) is 0 Å². The Morgan fingerprint density at radius 3 is 2.47 bits per heavy atom. The fraction of sp³-hybridized carbons (Fsp3) is 0.500. The third-order valence-corrected chi connectivity index (χ3v) is 2.69. The van der Waals surface area contributed by atoms with Gasteiger partial charge in [0.25, 0.3) is 0 Å². The zero-order chi connectivity index (χ0) is 14.6. The number of Topliss-reactive ketones (excluding diaryl/α,β-unsaturated/α-hetero) is 1. The summed E-state index contributed by atoms with van der Waals surface area (Å²) in [6, 6.07) is 4.30. The normalized spacial score (nSPS) is 12.3. The van der Waals surface area contributed by atoms with Gasteiger partial charge in [-0.1, -0.05) is 13.8 Å². The third kappa shape index (κ3) is 4.35. The fourth-order valence-corrected chi connectivity index (χ4v) is 1.91. The quantitative estimate of drug-likeness (QED) is 0.447. The van der Waals surface area contributed by atoms with Crippen LogP contribution >= 0.6 is 0 Å². The van der Waals surface area contributed by atoms with Gasteiger partial charge in [0, 0.05) is 11.6 Å². The van der Waals surface area contributed by atoms with Crippen LogP contribution in [0.5, 0.6) is 5.75 Å². The first-order chi connectivity index (χ1) is 8.81. The van der Waals surface area contributed by atoms with Gasteiger partial charge < -0.3 is 4.74 Å². The lowest BCUT2D eigenvalue weighted by atomic mass is 10.1. The second kappa shape index (κ2) is 6.31. The lowest BCUT2D eigenvalue weighted by Gasteiger charge is -2.16. The van der Waals surface area contributed by atoms with Gasteiger partial charge in [0.1, 0.15) is 0 Å². The molecule has 104 valence electrons. The van der Waals surface area contributed by atoms with Crippen molar-refractivity contribution in [2.24, 2.45) is 5.92 Å². The summed E-state index contributed by atoms with van der Waals surface area (Å²) in [4.78, 5) is 21.7. The third-order valence-electron chi connectivity index (χ3n) is 2.69. The van der Waals surface area contributed by atoms with E-state index in [4.69, 9.17) is 4.74 Å². The Bertz CT molecular complexity index is 482. The van der Waals surface area contributed by atoms with E-state index in [2.05, 4.69) is 13.8 Å². The molecule has 0 aliphatic heterocycles. The van der Waals surface area contributed by atoms with Crippen molar-refractivity contribution < 1.29 is 14.5 Å². The predicted molar refractivity (Wildman–Crippen MR) is 72.6 cm³/mol. The monoisotopic (exact) mass is 265 g/mol. The first kappa shape index (κ1) is 15.1. The van der Waals surface area contributed by atoms with Crippen LogP contribution in [0.15, 0.2) is 18.2 Å². The Balaban J connectivity index is 3.00. The number of benzene rings is 1. The molecule has 0 N–H and O–H groups in total. The van der Waals surface area contributed by atoms with E-state index in [9.17, 15) is 14.9 Å². The van der Waals surface area contributed by atoms with Crippen molar-refractivity contribution in [1.82, 2.24) is 0 Å². The molecule has 0 saturated carbocycles. The van der Waals surface area contributed by atoms with Crippen molar-refractivity contribution in [3.05, 3.63) is 33.9 Å². The van der Waals surface area contributed by atoms with Gasteiger partial charge in [-0.2, -0.15) is 0 Å². The maximum absolute atomic E-state index is 11.2. The Labute approximate surface area is 112 Å². The van der Waals surface area contributed by atoms with Crippen LogP contribution in [0.1, 0.15) is 44.5 Å². The number of hydrogen-bond acceptors (Lipinski definition) is 4. The van der Waals surface area contributed by atoms with Crippen molar-refractivity contribution in [3.8, 4) is 5.75 Å². The van der Waals surface area contributed by atoms with Crippen molar-refractivity contribution in [2.45, 2.75) is 40.2 Å².